The van der Waals surface area contributed by atoms with Crippen molar-refractivity contribution in [3.8, 4) is 0 Å². The molecule has 1 aliphatic heterocycles. The third kappa shape index (κ3) is 3.76. The molecule has 0 amide bonds. The zero-order valence-corrected chi connectivity index (χ0v) is 13.5. The fraction of sp³-hybridized carbons (Fsp3) is 0.538. The van der Waals surface area contributed by atoms with Gasteiger partial charge in [-0.25, -0.2) is 8.42 Å². The van der Waals surface area contributed by atoms with Crippen molar-refractivity contribution >= 4 is 27.6 Å². The van der Waals surface area contributed by atoms with E-state index in [2.05, 4.69) is 10.2 Å². The third-order valence-corrected chi connectivity index (χ3v) is 4.53. The van der Waals surface area contributed by atoms with Crippen LogP contribution in [-0.4, -0.2) is 61.6 Å². The van der Waals surface area contributed by atoms with E-state index in [0.29, 0.717) is 5.82 Å². The van der Waals surface area contributed by atoms with Gasteiger partial charge in [0.2, 0.25) is 0 Å². The highest BCUT2D eigenvalue weighted by Crippen LogP contribution is 2.28. The first-order chi connectivity index (χ1) is 10.7. The second kappa shape index (κ2) is 6.49. The molecule has 1 aliphatic rings. The van der Waals surface area contributed by atoms with Gasteiger partial charge in [-0.1, -0.05) is 0 Å². The summed E-state index contributed by atoms with van der Waals surface area (Å²) in [5.41, 5.74) is 0. The van der Waals surface area contributed by atoms with E-state index in [0.717, 1.165) is 6.26 Å². The molecule has 1 fully saturated rings. The molecular weight excluding hydrogens is 326 g/mol. The maximum absolute atomic E-state index is 11.9. The molecule has 0 radical (unpaired) electrons. The molecule has 1 saturated heterocycles. The molecule has 1 aromatic heterocycles. The number of aromatic nitrogens is 2. The van der Waals surface area contributed by atoms with Crippen LogP contribution in [0.1, 0.15) is 6.92 Å². The van der Waals surface area contributed by atoms with Gasteiger partial charge in [-0.05, 0) is 19.1 Å². The van der Waals surface area contributed by atoms with Crippen molar-refractivity contribution in [1.29, 1.82) is 0 Å². The minimum Gasteiger partial charge on any atom is -0.481 e. The van der Waals surface area contributed by atoms with Gasteiger partial charge in [0.25, 0.3) is 0 Å². The topological polar surface area (TPSA) is 127 Å². The minimum atomic E-state index is -3.46. The molecule has 126 valence electrons. The van der Waals surface area contributed by atoms with E-state index < -0.39 is 33.6 Å². The van der Waals surface area contributed by atoms with Crippen LogP contribution in [0.25, 0.3) is 0 Å². The Bertz CT molecular complexity index is 703. The largest absolute Gasteiger partial charge is 0.481 e. The van der Waals surface area contributed by atoms with Crippen LogP contribution in [0, 0.1) is 11.8 Å². The zero-order chi connectivity index (χ0) is 17.2. The summed E-state index contributed by atoms with van der Waals surface area (Å²) in [6, 6.07) is 2.74. The van der Waals surface area contributed by atoms with Crippen LogP contribution in [0.5, 0.6) is 0 Å². The fourth-order valence-electron chi connectivity index (χ4n) is 2.41. The zero-order valence-electron chi connectivity index (χ0n) is 12.7. The van der Waals surface area contributed by atoms with Crippen molar-refractivity contribution in [2.45, 2.75) is 11.9 Å². The highest BCUT2D eigenvalue weighted by molar-refractivity contribution is 7.90. The maximum atomic E-state index is 11.9. The van der Waals surface area contributed by atoms with E-state index in [1.165, 1.54) is 12.1 Å². The second-order valence-corrected chi connectivity index (χ2v) is 7.17. The number of hydrogen-bond donors (Lipinski definition) is 1. The number of nitrogens with zero attached hydrogens (tertiary/aromatic N) is 3. The molecule has 0 aromatic carbocycles. The van der Waals surface area contributed by atoms with Crippen molar-refractivity contribution in [3.05, 3.63) is 12.1 Å². The van der Waals surface area contributed by atoms with E-state index in [1.54, 1.807) is 11.8 Å². The molecule has 10 heteroatoms. The summed E-state index contributed by atoms with van der Waals surface area (Å²) >= 11 is 0. The van der Waals surface area contributed by atoms with E-state index in [4.69, 9.17) is 4.74 Å². The predicted molar refractivity (Wildman–Crippen MR) is 78.6 cm³/mol. The normalized spacial score (nSPS) is 21.2. The Balaban J connectivity index is 2.21. The van der Waals surface area contributed by atoms with Crippen molar-refractivity contribution in [3.63, 3.8) is 0 Å². The lowest BCUT2D eigenvalue weighted by molar-refractivity contribution is -0.155. The van der Waals surface area contributed by atoms with Crippen molar-refractivity contribution in [2.75, 3.05) is 30.9 Å². The number of sulfone groups is 1. The molecular formula is C13H17N3O6S. The van der Waals surface area contributed by atoms with Crippen LogP contribution in [0.4, 0.5) is 5.82 Å². The van der Waals surface area contributed by atoms with Gasteiger partial charge in [-0.2, -0.15) is 0 Å². The highest BCUT2D eigenvalue weighted by Gasteiger charge is 2.43. The first kappa shape index (κ1) is 17.1. The van der Waals surface area contributed by atoms with E-state index in [-0.39, 0.29) is 24.7 Å². The van der Waals surface area contributed by atoms with Crippen LogP contribution in [0.2, 0.25) is 0 Å². The Labute approximate surface area is 133 Å². The summed E-state index contributed by atoms with van der Waals surface area (Å²) in [6.07, 6.45) is 1.02. The van der Waals surface area contributed by atoms with Gasteiger partial charge < -0.3 is 14.7 Å². The Morgan fingerprint density at radius 1 is 1.30 bits per heavy atom. The average Bonchev–Trinajstić information content (AvgIpc) is 2.92. The molecule has 0 saturated carbocycles. The van der Waals surface area contributed by atoms with Gasteiger partial charge >= 0.3 is 11.9 Å². The summed E-state index contributed by atoms with van der Waals surface area (Å²) in [7, 11) is -3.46. The van der Waals surface area contributed by atoms with E-state index >= 15 is 0 Å². The molecule has 1 N–H and O–H groups in total. The summed E-state index contributed by atoms with van der Waals surface area (Å²) in [5.74, 6) is -3.06. The number of carbonyl (C=O) groups excluding carboxylic acids is 1. The lowest BCUT2D eigenvalue weighted by Crippen LogP contribution is -2.29. The summed E-state index contributed by atoms with van der Waals surface area (Å²) in [4.78, 5) is 24.8. The van der Waals surface area contributed by atoms with Gasteiger partial charge in [0.05, 0.1) is 18.4 Å². The number of anilines is 1. The number of ether oxygens (including phenoxy) is 1. The maximum Gasteiger partial charge on any atom is 0.311 e. The number of carboxylic acids is 1. The molecule has 2 rings (SSSR count). The number of rotatable bonds is 5. The fourth-order valence-corrected chi connectivity index (χ4v) is 2.91. The van der Waals surface area contributed by atoms with Gasteiger partial charge in [0.15, 0.2) is 20.7 Å². The van der Waals surface area contributed by atoms with Crippen LogP contribution < -0.4 is 4.90 Å². The number of carboxylic acid groups (broad SMARTS) is 1. The van der Waals surface area contributed by atoms with Crippen LogP contribution in [-0.2, 0) is 24.2 Å². The van der Waals surface area contributed by atoms with Gasteiger partial charge in [-0.3, -0.25) is 9.59 Å². The molecule has 0 spiro atoms. The Morgan fingerprint density at radius 2 is 1.96 bits per heavy atom. The Hall–Kier alpha value is -2.23. The van der Waals surface area contributed by atoms with Crippen LogP contribution in [0.15, 0.2) is 17.2 Å². The van der Waals surface area contributed by atoms with Gasteiger partial charge in [0.1, 0.15) is 0 Å². The average molecular weight is 343 g/mol. The van der Waals surface area contributed by atoms with Gasteiger partial charge in [0, 0.05) is 19.3 Å². The number of hydrogen-bond acceptors (Lipinski definition) is 8. The number of esters is 1. The van der Waals surface area contributed by atoms with Crippen LogP contribution >= 0.6 is 0 Å². The van der Waals surface area contributed by atoms with Crippen molar-refractivity contribution < 1.29 is 27.9 Å². The smallest absolute Gasteiger partial charge is 0.311 e. The standard InChI is InChI=1S/C13H17N3O6S/c1-3-22-13(19)9-7-16(6-8(9)12(17)18)10-4-5-11(15-14-10)23(2,20)21/h4-5,8-9H,3,6-7H2,1-2H3,(H,17,18)/t8-,9-/m1/s1. The third-order valence-electron chi connectivity index (χ3n) is 3.56. The molecule has 0 bridgehead atoms. The minimum absolute atomic E-state index is 0.0751. The number of aliphatic carboxylic acids is 1. The molecule has 1 aromatic rings. The summed E-state index contributed by atoms with van der Waals surface area (Å²) in [6.45, 7) is 2.02. The lowest BCUT2D eigenvalue weighted by Gasteiger charge is -2.16. The monoisotopic (exact) mass is 343 g/mol. The second-order valence-electron chi connectivity index (χ2n) is 5.21. The summed E-state index contributed by atoms with van der Waals surface area (Å²) in [5, 5.41) is 16.5. The first-order valence-electron chi connectivity index (χ1n) is 6.92. The number of carbonyl (C=O) groups is 2. The van der Waals surface area contributed by atoms with Crippen molar-refractivity contribution in [1.82, 2.24) is 10.2 Å². The van der Waals surface area contributed by atoms with Gasteiger partial charge in [-0.15, -0.1) is 10.2 Å². The Morgan fingerprint density at radius 3 is 2.43 bits per heavy atom. The quantitative estimate of drug-likeness (QED) is 0.709. The molecule has 0 aliphatic carbocycles. The lowest BCUT2D eigenvalue weighted by atomic mass is 9.96. The summed E-state index contributed by atoms with van der Waals surface area (Å²) < 4.78 is 27.6. The SMILES string of the molecule is CCOC(=O)[C@@H]1CN(c2ccc(S(C)(=O)=O)nn2)C[C@H]1C(=O)O. The highest BCUT2D eigenvalue weighted by atomic mass is 32.2. The first-order valence-corrected chi connectivity index (χ1v) is 8.81. The Kier molecular flexibility index (Phi) is 4.83. The van der Waals surface area contributed by atoms with Crippen LogP contribution in [0.3, 0.4) is 0 Å². The molecule has 23 heavy (non-hydrogen) atoms. The van der Waals surface area contributed by atoms with E-state index in [1.807, 2.05) is 0 Å². The predicted octanol–water partition coefficient (Wildman–Crippen LogP) is -0.420. The molecule has 9 nitrogen and oxygen atoms in total. The molecule has 2 atom stereocenters. The van der Waals surface area contributed by atoms with Crippen molar-refractivity contribution in [2.24, 2.45) is 11.8 Å². The molecule has 2 heterocycles. The van der Waals surface area contributed by atoms with E-state index in [9.17, 15) is 23.1 Å². The molecule has 0 unspecified atom stereocenters.